The number of carbonyl (C=O) groups excluding carboxylic acids is 3. The summed E-state index contributed by atoms with van der Waals surface area (Å²) in [5.74, 6) is -2.48. The number of Topliss-reactive ketones (excluding diaryl/α,β-unsaturated/α-hetero) is 1. The Hall–Kier alpha value is -1.63. The van der Waals surface area contributed by atoms with Gasteiger partial charge >= 0.3 is 12.0 Å². The number of carbonyl (C=O) groups is 3. The number of urea groups is 1. The first-order valence-electron chi connectivity index (χ1n) is 2.88. The highest BCUT2D eigenvalue weighted by Crippen LogP contribution is 1.84. The summed E-state index contributed by atoms with van der Waals surface area (Å²) in [5, 5.41) is 7.75. The van der Waals surface area contributed by atoms with Crippen molar-refractivity contribution in [2.45, 2.75) is 0 Å². The first-order valence-corrected chi connectivity index (χ1v) is 2.88. The van der Waals surface area contributed by atoms with Crippen molar-refractivity contribution < 1.29 is 24.5 Å². The Morgan fingerprint density at radius 3 is 2.33 bits per heavy atom. The zero-order valence-corrected chi connectivity index (χ0v) is 6.31. The molecule has 0 saturated heterocycles. The monoisotopic (exact) mass is 176 g/mol. The van der Waals surface area contributed by atoms with E-state index < -0.39 is 24.3 Å². The zero-order chi connectivity index (χ0) is 9.72. The Morgan fingerprint density at radius 2 is 2.00 bits per heavy atom. The van der Waals surface area contributed by atoms with Crippen LogP contribution in [0, 0.1) is 0 Å². The fourth-order valence-corrected chi connectivity index (χ4v) is 0.409. The standard InChI is InChI=1S/C5H8N2O5/c1-7(5(6)10)2-3(8)4(9)12-11/h11H,2H2,1H3,(H2,6,10). The third-order valence-corrected chi connectivity index (χ3v) is 1.07. The van der Waals surface area contributed by atoms with Crippen molar-refractivity contribution in [3.8, 4) is 0 Å². The number of rotatable bonds is 3. The number of primary amides is 1. The van der Waals surface area contributed by atoms with Crippen LogP contribution in [0.2, 0.25) is 0 Å². The molecule has 0 radical (unpaired) electrons. The number of hydrogen-bond donors (Lipinski definition) is 2. The fourth-order valence-electron chi connectivity index (χ4n) is 0.409. The van der Waals surface area contributed by atoms with E-state index in [2.05, 4.69) is 4.89 Å². The van der Waals surface area contributed by atoms with Crippen molar-refractivity contribution in [3.63, 3.8) is 0 Å². The molecule has 2 amide bonds. The first kappa shape index (κ1) is 10.4. The third-order valence-electron chi connectivity index (χ3n) is 1.07. The van der Waals surface area contributed by atoms with Gasteiger partial charge in [0.05, 0.1) is 6.54 Å². The average Bonchev–Trinajstić information content (AvgIpc) is 2.02. The highest BCUT2D eigenvalue weighted by Gasteiger charge is 2.18. The molecule has 0 aliphatic carbocycles. The van der Waals surface area contributed by atoms with E-state index in [0.29, 0.717) is 0 Å². The predicted octanol–water partition coefficient (Wildman–Crippen LogP) is -1.42. The molecule has 0 bridgehead atoms. The summed E-state index contributed by atoms with van der Waals surface area (Å²) >= 11 is 0. The summed E-state index contributed by atoms with van der Waals surface area (Å²) in [6.07, 6.45) is 0. The molecule has 7 heteroatoms. The normalized spacial score (nSPS) is 8.83. The summed E-state index contributed by atoms with van der Waals surface area (Å²) in [6.45, 7) is -0.519. The highest BCUT2D eigenvalue weighted by atomic mass is 17.1. The van der Waals surface area contributed by atoms with Crippen LogP contribution in [0.1, 0.15) is 0 Å². The molecular formula is C5H8N2O5. The summed E-state index contributed by atoms with van der Waals surface area (Å²) in [6, 6.07) is -0.853. The maximum Gasteiger partial charge on any atom is 0.409 e. The van der Waals surface area contributed by atoms with E-state index in [1.807, 2.05) is 0 Å². The molecule has 0 heterocycles. The molecule has 7 nitrogen and oxygen atoms in total. The van der Waals surface area contributed by atoms with Gasteiger partial charge in [-0.25, -0.2) is 9.59 Å². The fraction of sp³-hybridized carbons (Fsp3) is 0.400. The van der Waals surface area contributed by atoms with Crippen LogP contribution in [-0.2, 0) is 14.5 Å². The number of likely N-dealkylation sites (N-methyl/N-ethyl adjacent to an activating group) is 1. The predicted molar refractivity (Wildman–Crippen MR) is 35.9 cm³/mol. The van der Waals surface area contributed by atoms with E-state index in [-0.39, 0.29) is 0 Å². The lowest BCUT2D eigenvalue weighted by molar-refractivity contribution is -0.232. The number of ketones is 1. The molecule has 0 atom stereocenters. The van der Waals surface area contributed by atoms with Crippen LogP contribution in [0.3, 0.4) is 0 Å². The van der Waals surface area contributed by atoms with Gasteiger partial charge in [-0.15, -0.1) is 0 Å². The number of amides is 2. The Bertz CT molecular complexity index is 214. The molecule has 0 aliphatic rings. The topological polar surface area (TPSA) is 110 Å². The van der Waals surface area contributed by atoms with Gasteiger partial charge in [-0.3, -0.25) is 9.68 Å². The maximum absolute atomic E-state index is 10.6. The minimum atomic E-state index is -1.43. The molecule has 0 aliphatic heterocycles. The van der Waals surface area contributed by atoms with Crippen molar-refractivity contribution in [2.24, 2.45) is 5.73 Å². The second-order valence-corrected chi connectivity index (χ2v) is 2.00. The van der Waals surface area contributed by atoms with E-state index in [1.165, 1.54) is 7.05 Å². The second-order valence-electron chi connectivity index (χ2n) is 2.00. The van der Waals surface area contributed by atoms with Crippen LogP contribution in [-0.4, -0.2) is 41.5 Å². The zero-order valence-electron chi connectivity index (χ0n) is 6.31. The lowest BCUT2D eigenvalue weighted by atomic mass is 10.4. The number of hydrogen-bond acceptors (Lipinski definition) is 5. The number of nitrogens with zero attached hydrogens (tertiary/aromatic N) is 1. The van der Waals surface area contributed by atoms with E-state index in [9.17, 15) is 14.4 Å². The molecule has 0 aromatic heterocycles. The van der Waals surface area contributed by atoms with Crippen molar-refractivity contribution >= 4 is 17.8 Å². The molecule has 0 rings (SSSR count). The molecule has 0 aromatic rings. The van der Waals surface area contributed by atoms with Crippen LogP contribution in [0.5, 0.6) is 0 Å². The third kappa shape index (κ3) is 2.97. The van der Waals surface area contributed by atoms with Gasteiger partial charge in [-0.1, -0.05) is 0 Å². The van der Waals surface area contributed by atoms with Gasteiger partial charge in [-0.05, 0) is 0 Å². The molecule has 68 valence electrons. The average molecular weight is 176 g/mol. The quantitative estimate of drug-likeness (QED) is 0.311. The van der Waals surface area contributed by atoms with Gasteiger partial charge < -0.3 is 10.6 Å². The van der Waals surface area contributed by atoms with Crippen LogP contribution >= 0.6 is 0 Å². The minimum absolute atomic E-state index is 0.519. The van der Waals surface area contributed by atoms with E-state index in [1.54, 1.807) is 0 Å². The number of nitrogens with two attached hydrogens (primary N) is 1. The van der Waals surface area contributed by atoms with Gasteiger partial charge in [-0.2, -0.15) is 5.26 Å². The van der Waals surface area contributed by atoms with Crippen molar-refractivity contribution in [3.05, 3.63) is 0 Å². The molecule has 0 spiro atoms. The minimum Gasteiger partial charge on any atom is -0.351 e. The molecule has 0 aromatic carbocycles. The lowest BCUT2D eigenvalue weighted by Gasteiger charge is -2.10. The van der Waals surface area contributed by atoms with E-state index >= 15 is 0 Å². The van der Waals surface area contributed by atoms with Crippen LogP contribution < -0.4 is 5.73 Å². The molecule has 12 heavy (non-hydrogen) atoms. The molecule has 0 unspecified atom stereocenters. The van der Waals surface area contributed by atoms with E-state index in [0.717, 1.165) is 4.90 Å². The first-order chi connectivity index (χ1) is 5.49. The summed E-state index contributed by atoms with van der Waals surface area (Å²) < 4.78 is 0. The molecule has 3 N–H and O–H groups in total. The molecule has 0 saturated carbocycles. The lowest BCUT2D eigenvalue weighted by Crippen LogP contribution is -2.38. The van der Waals surface area contributed by atoms with Crippen molar-refractivity contribution in [2.75, 3.05) is 13.6 Å². The summed E-state index contributed by atoms with van der Waals surface area (Å²) in [7, 11) is 1.23. The van der Waals surface area contributed by atoms with Crippen LogP contribution in [0.25, 0.3) is 0 Å². The smallest absolute Gasteiger partial charge is 0.351 e. The Kier molecular flexibility index (Phi) is 3.71. The highest BCUT2D eigenvalue weighted by molar-refractivity contribution is 6.34. The van der Waals surface area contributed by atoms with Gasteiger partial charge in [0.1, 0.15) is 0 Å². The van der Waals surface area contributed by atoms with Crippen molar-refractivity contribution in [1.82, 2.24) is 4.90 Å². The van der Waals surface area contributed by atoms with Gasteiger partial charge in [0.2, 0.25) is 0 Å². The molecule has 0 fully saturated rings. The Balaban J connectivity index is 4.01. The summed E-state index contributed by atoms with van der Waals surface area (Å²) in [5.41, 5.74) is 4.75. The van der Waals surface area contributed by atoms with Gasteiger partial charge in [0, 0.05) is 7.05 Å². The Labute approximate surface area is 67.6 Å². The SMILES string of the molecule is CN(CC(=O)C(=O)OO)C(N)=O. The van der Waals surface area contributed by atoms with Gasteiger partial charge in [0.25, 0.3) is 5.78 Å². The van der Waals surface area contributed by atoms with E-state index in [4.69, 9.17) is 11.0 Å². The molecular weight excluding hydrogens is 168 g/mol. The maximum atomic E-state index is 10.6. The Morgan fingerprint density at radius 1 is 1.50 bits per heavy atom. The van der Waals surface area contributed by atoms with Crippen molar-refractivity contribution in [1.29, 1.82) is 0 Å². The second kappa shape index (κ2) is 4.29. The van der Waals surface area contributed by atoms with Gasteiger partial charge in [0.15, 0.2) is 0 Å². The summed E-state index contributed by atoms with van der Waals surface area (Å²) in [4.78, 5) is 35.1. The van der Waals surface area contributed by atoms with Crippen LogP contribution in [0.4, 0.5) is 4.79 Å². The van der Waals surface area contributed by atoms with Crippen LogP contribution in [0.15, 0.2) is 0 Å². The largest absolute Gasteiger partial charge is 0.409 e.